The number of carbonyl (C=O) groups is 1. The maximum Gasteiger partial charge on any atom is 0.266 e. The third-order valence-electron chi connectivity index (χ3n) is 4.39. The van der Waals surface area contributed by atoms with Crippen molar-refractivity contribution < 1.29 is 4.79 Å². The van der Waals surface area contributed by atoms with Gasteiger partial charge >= 0.3 is 0 Å². The van der Waals surface area contributed by atoms with Crippen molar-refractivity contribution >= 4 is 28.5 Å². The third kappa shape index (κ3) is 5.76. The lowest BCUT2D eigenvalue weighted by molar-refractivity contribution is -0.121. The molecule has 0 atom stereocenters. The van der Waals surface area contributed by atoms with Crippen LogP contribution < -0.4 is 10.9 Å². The number of rotatable bonds is 7. The Morgan fingerprint density at radius 2 is 1.75 bits per heavy atom. The van der Waals surface area contributed by atoms with E-state index < -0.39 is 0 Å². The number of carbonyl (C=O) groups excluding carboxylic acids is 1. The quantitative estimate of drug-likeness (QED) is 0.514. The summed E-state index contributed by atoms with van der Waals surface area (Å²) in [5.74, 6) is -0.0266. The number of aromatic nitrogens is 2. The van der Waals surface area contributed by atoms with Gasteiger partial charge in [0.2, 0.25) is 5.91 Å². The molecule has 0 bridgehead atoms. The monoisotopic (exact) mass is 487 g/mol. The van der Waals surface area contributed by atoms with Crippen LogP contribution in [0.4, 0.5) is 0 Å². The molecule has 0 aliphatic heterocycles. The van der Waals surface area contributed by atoms with E-state index in [-0.39, 0.29) is 11.5 Å². The van der Waals surface area contributed by atoms with Gasteiger partial charge in [-0.3, -0.25) is 9.59 Å². The van der Waals surface area contributed by atoms with E-state index in [4.69, 9.17) is 0 Å². The molecule has 144 valence electrons. The fourth-order valence-corrected chi connectivity index (χ4v) is 3.13. The van der Waals surface area contributed by atoms with Crippen LogP contribution in [-0.4, -0.2) is 15.7 Å². The van der Waals surface area contributed by atoms with Crippen LogP contribution in [0, 0.1) is 10.5 Å². The van der Waals surface area contributed by atoms with E-state index in [0.29, 0.717) is 25.9 Å². The van der Waals surface area contributed by atoms with E-state index >= 15 is 0 Å². The smallest absolute Gasteiger partial charge is 0.266 e. The Bertz CT molecular complexity index is 996. The van der Waals surface area contributed by atoms with Gasteiger partial charge in [-0.15, -0.1) is 0 Å². The molecule has 3 aromatic rings. The van der Waals surface area contributed by atoms with Gasteiger partial charge in [-0.25, -0.2) is 4.68 Å². The van der Waals surface area contributed by atoms with E-state index in [1.54, 1.807) is 6.07 Å². The van der Waals surface area contributed by atoms with Crippen LogP contribution in [0.5, 0.6) is 0 Å². The Morgan fingerprint density at radius 3 is 2.46 bits per heavy atom. The molecule has 0 saturated heterocycles. The minimum absolute atomic E-state index is 0.0266. The van der Waals surface area contributed by atoms with Gasteiger partial charge in [0.05, 0.1) is 5.69 Å². The van der Waals surface area contributed by atoms with Gasteiger partial charge in [-0.2, -0.15) is 5.10 Å². The van der Waals surface area contributed by atoms with Crippen molar-refractivity contribution in [3.63, 3.8) is 0 Å². The number of aryl methyl sites for hydroxylation is 2. The number of hydrogen-bond acceptors (Lipinski definition) is 3. The average molecular weight is 487 g/mol. The molecule has 0 fully saturated rings. The number of halogens is 1. The highest BCUT2D eigenvalue weighted by atomic mass is 127. The molecular formula is C22H22IN3O2. The molecule has 0 aliphatic rings. The molecule has 5 nitrogen and oxygen atoms in total. The maximum absolute atomic E-state index is 12.1. The highest BCUT2D eigenvalue weighted by Gasteiger charge is 2.06. The normalized spacial score (nSPS) is 10.6. The molecule has 0 radical (unpaired) electrons. The second-order valence-electron chi connectivity index (χ2n) is 6.65. The zero-order valence-corrected chi connectivity index (χ0v) is 17.8. The lowest BCUT2D eigenvalue weighted by atomic mass is 10.1. The molecule has 1 heterocycles. The summed E-state index contributed by atoms with van der Waals surface area (Å²) >= 11 is 2.25. The van der Waals surface area contributed by atoms with Crippen LogP contribution in [-0.2, 0) is 17.9 Å². The summed E-state index contributed by atoms with van der Waals surface area (Å²) in [6.07, 6.45) is 0.913. The Labute approximate surface area is 177 Å². The summed E-state index contributed by atoms with van der Waals surface area (Å²) < 4.78 is 2.60. The fourth-order valence-electron chi connectivity index (χ4n) is 2.77. The minimum Gasteiger partial charge on any atom is -0.352 e. The minimum atomic E-state index is -0.157. The summed E-state index contributed by atoms with van der Waals surface area (Å²) in [6.45, 7) is 2.95. The first-order chi connectivity index (χ1) is 13.5. The lowest BCUT2D eigenvalue weighted by Crippen LogP contribution is -2.25. The van der Waals surface area contributed by atoms with Gasteiger partial charge < -0.3 is 5.32 Å². The SMILES string of the molecule is Cc1ccc(-c2ccc(=O)n(CCCC(=O)NCc3ccc(I)cc3)n2)cc1. The third-order valence-corrected chi connectivity index (χ3v) is 5.11. The Morgan fingerprint density at radius 1 is 1.04 bits per heavy atom. The summed E-state index contributed by atoms with van der Waals surface area (Å²) in [6, 6.07) is 19.3. The maximum atomic E-state index is 12.1. The van der Waals surface area contributed by atoms with Crippen LogP contribution in [0.25, 0.3) is 11.3 Å². The lowest BCUT2D eigenvalue weighted by Gasteiger charge is -2.08. The Kier molecular flexibility index (Phi) is 6.97. The van der Waals surface area contributed by atoms with Gasteiger partial charge in [-0.05, 0) is 59.7 Å². The van der Waals surface area contributed by atoms with Gasteiger partial charge in [0.25, 0.3) is 5.56 Å². The first kappa shape index (κ1) is 20.3. The molecule has 6 heteroatoms. The molecule has 2 aromatic carbocycles. The van der Waals surface area contributed by atoms with Crippen LogP contribution in [0.2, 0.25) is 0 Å². The molecule has 1 amide bonds. The molecule has 1 N–H and O–H groups in total. The zero-order chi connectivity index (χ0) is 19.9. The Balaban J connectivity index is 1.53. The number of nitrogens with zero attached hydrogens (tertiary/aromatic N) is 2. The molecule has 0 spiro atoms. The molecular weight excluding hydrogens is 465 g/mol. The molecule has 3 rings (SSSR count). The van der Waals surface area contributed by atoms with Crippen LogP contribution in [0.15, 0.2) is 65.5 Å². The van der Waals surface area contributed by atoms with Crippen LogP contribution in [0.1, 0.15) is 24.0 Å². The molecule has 28 heavy (non-hydrogen) atoms. The Hall–Kier alpha value is -2.48. The van der Waals surface area contributed by atoms with Crippen LogP contribution >= 0.6 is 22.6 Å². The summed E-state index contributed by atoms with van der Waals surface area (Å²) in [4.78, 5) is 24.1. The van der Waals surface area contributed by atoms with Crippen molar-refractivity contribution in [2.45, 2.75) is 32.9 Å². The summed E-state index contributed by atoms with van der Waals surface area (Å²) in [7, 11) is 0. The van der Waals surface area contributed by atoms with Gasteiger partial charge in [0, 0.05) is 34.7 Å². The van der Waals surface area contributed by atoms with E-state index in [0.717, 1.165) is 16.8 Å². The first-order valence-corrected chi connectivity index (χ1v) is 10.3. The summed E-state index contributed by atoms with van der Waals surface area (Å²) in [5, 5.41) is 7.36. The van der Waals surface area contributed by atoms with Crippen molar-refractivity contribution in [1.82, 2.24) is 15.1 Å². The first-order valence-electron chi connectivity index (χ1n) is 9.17. The van der Waals surface area contributed by atoms with Crippen molar-refractivity contribution in [3.8, 4) is 11.3 Å². The van der Waals surface area contributed by atoms with Crippen molar-refractivity contribution in [3.05, 3.63) is 85.7 Å². The fraction of sp³-hybridized carbons (Fsp3) is 0.227. The molecule has 0 aliphatic carbocycles. The number of nitrogens with one attached hydrogen (secondary N) is 1. The second-order valence-corrected chi connectivity index (χ2v) is 7.90. The highest BCUT2D eigenvalue weighted by molar-refractivity contribution is 14.1. The average Bonchev–Trinajstić information content (AvgIpc) is 2.70. The predicted molar refractivity (Wildman–Crippen MR) is 119 cm³/mol. The zero-order valence-electron chi connectivity index (χ0n) is 15.7. The van der Waals surface area contributed by atoms with Crippen molar-refractivity contribution in [1.29, 1.82) is 0 Å². The largest absolute Gasteiger partial charge is 0.352 e. The molecule has 1 aromatic heterocycles. The van der Waals surface area contributed by atoms with E-state index in [1.807, 2.05) is 55.5 Å². The molecule has 0 unspecified atom stereocenters. The molecule has 0 saturated carbocycles. The van der Waals surface area contributed by atoms with Gasteiger partial charge in [-0.1, -0.05) is 42.0 Å². The number of amides is 1. The highest BCUT2D eigenvalue weighted by Crippen LogP contribution is 2.16. The second kappa shape index (κ2) is 9.64. The predicted octanol–water partition coefficient (Wildman–Crippen LogP) is 3.92. The van der Waals surface area contributed by atoms with Crippen molar-refractivity contribution in [2.75, 3.05) is 0 Å². The van der Waals surface area contributed by atoms with E-state index in [9.17, 15) is 9.59 Å². The summed E-state index contributed by atoms with van der Waals surface area (Å²) in [5.41, 5.74) is 3.80. The van der Waals surface area contributed by atoms with E-state index in [2.05, 4.69) is 33.0 Å². The topological polar surface area (TPSA) is 64.0 Å². The van der Waals surface area contributed by atoms with Crippen molar-refractivity contribution in [2.24, 2.45) is 0 Å². The van der Waals surface area contributed by atoms with Gasteiger partial charge in [0.15, 0.2) is 0 Å². The van der Waals surface area contributed by atoms with Crippen LogP contribution in [0.3, 0.4) is 0 Å². The number of benzene rings is 2. The standard InChI is InChI=1S/C22H22IN3O2/c1-16-4-8-18(9-5-16)20-12-13-22(28)26(25-20)14-2-3-21(27)24-15-17-6-10-19(23)11-7-17/h4-13H,2-3,14-15H2,1H3,(H,24,27). The van der Waals surface area contributed by atoms with E-state index in [1.165, 1.54) is 19.9 Å². The number of hydrogen-bond donors (Lipinski definition) is 1. The van der Waals surface area contributed by atoms with Gasteiger partial charge in [0.1, 0.15) is 0 Å².